The SMILES string of the molecule is [2H]c1cc(C(C)(C)c2cc([2H])c(N3c4cc(C)cc5c4B(c4cc(C(C)(C)C)cc([2H])c4N5c4c([2H])cc(C(C)(C)C)cc4[2H])c4cc(C(C)(C)c5cc([2H])c([2H])c([2H])c5)cc([2H])c43)c([2H])c2)cc([2H])c1[2H]. The first-order chi connectivity index (χ1) is 33.3. The molecular weight excluding hydrogens is 723 g/mol. The van der Waals surface area contributed by atoms with Gasteiger partial charge in [0.05, 0.1) is 16.4 Å². The van der Waals surface area contributed by atoms with Gasteiger partial charge in [-0.2, -0.15) is 0 Å². The van der Waals surface area contributed by atoms with E-state index in [1.807, 2.05) is 89.5 Å². The normalized spacial score (nSPS) is 16.6. The molecule has 0 atom stereocenters. The molecule has 7 aromatic rings. The summed E-state index contributed by atoms with van der Waals surface area (Å²) in [6.45, 7) is 21.4. The van der Waals surface area contributed by atoms with Gasteiger partial charge in [-0.1, -0.05) is 178 Å². The third-order valence-corrected chi connectivity index (χ3v) is 12.7. The first kappa shape index (κ1) is 27.9. The van der Waals surface area contributed by atoms with Crippen LogP contribution in [-0.2, 0) is 21.7 Å². The molecule has 0 saturated heterocycles. The molecule has 2 nitrogen and oxygen atoms in total. The van der Waals surface area contributed by atoms with Crippen molar-refractivity contribution in [1.82, 2.24) is 0 Å². The number of anilines is 6. The van der Waals surface area contributed by atoms with E-state index in [-0.39, 0.29) is 83.6 Å². The van der Waals surface area contributed by atoms with Crippen molar-refractivity contribution in [3.05, 3.63) is 196 Å². The minimum absolute atomic E-state index is 0.0130. The maximum atomic E-state index is 10.2. The Morgan fingerprint density at radius 3 is 1.22 bits per heavy atom. The van der Waals surface area contributed by atoms with Crippen molar-refractivity contribution in [3.8, 4) is 0 Å². The first-order valence-electron chi connectivity index (χ1n) is 26.8. The molecule has 300 valence electrons. The summed E-state index contributed by atoms with van der Waals surface area (Å²) >= 11 is 0. The van der Waals surface area contributed by atoms with E-state index in [9.17, 15) is 8.22 Å². The number of benzene rings is 7. The smallest absolute Gasteiger partial charge is 0.252 e. The van der Waals surface area contributed by atoms with Crippen LogP contribution in [0.25, 0.3) is 0 Å². The van der Waals surface area contributed by atoms with Crippen molar-refractivity contribution >= 4 is 57.2 Å². The van der Waals surface area contributed by atoms with Crippen molar-refractivity contribution in [2.75, 3.05) is 9.80 Å². The number of nitrogens with zero attached hydrogens (tertiary/aromatic N) is 2. The van der Waals surface area contributed by atoms with E-state index >= 15 is 0 Å². The van der Waals surface area contributed by atoms with Crippen LogP contribution in [0, 0.1) is 6.92 Å². The van der Waals surface area contributed by atoms with Gasteiger partial charge in [-0.25, -0.2) is 0 Å². The summed E-state index contributed by atoms with van der Waals surface area (Å²) in [6, 6.07) is 24.8. The number of hydrogen-bond donors (Lipinski definition) is 0. The summed E-state index contributed by atoms with van der Waals surface area (Å²) in [7, 11) is 0. The van der Waals surface area contributed by atoms with E-state index < -0.39 is 23.0 Å². The molecule has 3 heteroatoms. The fraction of sp³-hybridized carbons (Fsp3) is 0.263. The predicted molar refractivity (Wildman–Crippen MR) is 260 cm³/mol. The average Bonchev–Trinajstić information content (AvgIpc) is 3.26. The van der Waals surface area contributed by atoms with Crippen LogP contribution < -0.4 is 26.2 Å². The second-order valence-corrected chi connectivity index (χ2v) is 19.5. The molecule has 2 aliphatic heterocycles. The zero-order valence-corrected chi connectivity index (χ0v) is 36.6. The fourth-order valence-electron chi connectivity index (χ4n) is 8.72. The summed E-state index contributed by atoms with van der Waals surface area (Å²) in [4.78, 5) is 3.72. The Morgan fingerprint density at radius 1 is 0.400 bits per heavy atom. The first-order valence-corrected chi connectivity index (χ1v) is 20.8. The number of fused-ring (bicyclic) bond motifs is 4. The topological polar surface area (TPSA) is 6.48 Å². The van der Waals surface area contributed by atoms with Crippen LogP contribution in [-0.4, -0.2) is 6.71 Å². The van der Waals surface area contributed by atoms with Gasteiger partial charge in [0.25, 0.3) is 6.71 Å². The van der Waals surface area contributed by atoms with Crippen molar-refractivity contribution in [2.45, 2.75) is 97.8 Å². The van der Waals surface area contributed by atoms with Gasteiger partial charge in [0.15, 0.2) is 0 Å². The zero-order chi connectivity index (χ0) is 52.8. The second-order valence-electron chi connectivity index (χ2n) is 19.5. The molecule has 0 unspecified atom stereocenters. The Balaban J connectivity index is 1.41. The van der Waals surface area contributed by atoms with Crippen LogP contribution in [0.1, 0.15) is 125 Å². The summed E-state index contributed by atoms with van der Waals surface area (Å²) < 4.78 is 110. The van der Waals surface area contributed by atoms with Crippen LogP contribution in [0.3, 0.4) is 0 Å². The summed E-state index contributed by atoms with van der Waals surface area (Å²) in [5.41, 5.74) is 7.22. The van der Waals surface area contributed by atoms with Gasteiger partial charge >= 0.3 is 0 Å². The maximum Gasteiger partial charge on any atom is 0.252 e. The van der Waals surface area contributed by atoms with E-state index in [0.717, 1.165) is 27.6 Å². The molecule has 0 aromatic heterocycles. The highest BCUT2D eigenvalue weighted by molar-refractivity contribution is 7.00. The molecule has 60 heavy (non-hydrogen) atoms. The van der Waals surface area contributed by atoms with E-state index in [1.165, 1.54) is 0 Å². The van der Waals surface area contributed by atoms with Gasteiger partial charge in [0, 0.05) is 45.0 Å². The summed E-state index contributed by atoms with van der Waals surface area (Å²) in [6.07, 6.45) is 0. The average molecular weight is 795 g/mol. The van der Waals surface area contributed by atoms with E-state index in [2.05, 4.69) is 26.8 Å². The summed E-state index contributed by atoms with van der Waals surface area (Å²) in [5, 5.41) is 0. The molecule has 0 bridgehead atoms. The van der Waals surface area contributed by atoms with Crippen molar-refractivity contribution in [2.24, 2.45) is 0 Å². The van der Waals surface area contributed by atoms with E-state index in [1.54, 1.807) is 54.6 Å². The molecule has 0 amide bonds. The lowest BCUT2D eigenvalue weighted by Crippen LogP contribution is -2.61. The van der Waals surface area contributed by atoms with Gasteiger partial charge in [0.2, 0.25) is 0 Å². The molecule has 0 N–H and O–H groups in total. The van der Waals surface area contributed by atoms with Gasteiger partial charge in [-0.3, -0.25) is 0 Å². The maximum absolute atomic E-state index is 10.2. The second kappa shape index (κ2) is 14.2. The van der Waals surface area contributed by atoms with Gasteiger partial charge < -0.3 is 9.80 Å². The van der Waals surface area contributed by atoms with Gasteiger partial charge in [-0.15, -0.1) is 0 Å². The molecule has 0 fully saturated rings. The van der Waals surface area contributed by atoms with E-state index in [4.69, 9.17) is 8.22 Å². The van der Waals surface area contributed by atoms with Crippen LogP contribution in [0.4, 0.5) is 34.1 Å². The summed E-state index contributed by atoms with van der Waals surface area (Å²) in [5.74, 6) is 0. The number of aryl methyl sites for hydroxylation is 1. The molecule has 9 rings (SSSR count). The predicted octanol–water partition coefficient (Wildman–Crippen LogP) is 13.3. The zero-order valence-electron chi connectivity index (χ0n) is 48.6. The lowest BCUT2D eigenvalue weighted by Gasteiger charge is -2.45. The third-order valence-electron chi connectivity index (χ3n) is 12.7. The Labute approximate surface area is 376 Å². The largest absolute Gasteiger partial charge is 0.311 e. The lowest BCUT2D eigenvalue weighted by molar-refractivity contribution is 0.590. The molecule has 2 heterocycles. The Kier molecular flexibility index (Phi) is 6.58. The van der Waals surface area contributed by atoms with Crippen LogP contribution in [0.5, 0.6) is 0 Å². The van der Waals surface area contributed by atoms with Crippen molar-refractivity contribution < 1.29 is 16.4 Å². The number of rotatable bonds is 6. The van der Waals surface area contributed by atoms with Crippen molar-refractivity contribution in [3.63, 3.8) is 0 Å². The monoisotopic (exact) mass is 795 g/mol. The Morgan fingerprint density at radius 2 is 0.767 bits per heavy atom. The molecule has 2 aliphatic rings. The van der Waals surface area contributed by atoms with E-state index in [0.29, 0.717) is 56.2 Å². The highest BCUT2D eigenvalue weighted by Gasteiger charge is 2.44. The molecule has 0 saturated carbocycles. The minimum atomic E-state index is -0.901. The van der Waals surface area contributed by atoms with Gasteiger partial charge in [0.1, 0.15) is 0 Å². The molecule has 0 spiro atoms. The fourth-order valence-corrected chi connectivity index (χ4v) is 8.72. The van der Waals surface area contributed by atoms with Crippen LogP contribution >= 0.6 is 0 Å². The Bertz CT molecular complexity index is 3370. The highest BCUT2D eigenvalue weighted by atomic mass is 15.2. The lowest BCUT2D eigenvalue weighted by atomic mass is 9.33. The van der Waals surface area contributed by atoms with Gasteiger partial charge in [-0.05, 0) is 121 Å². The van der Waals surface area contributed by atoms with Crippen LogP contribution in [0.2, 0.25) is 0 Å². The number of hydrogen-bond acceptors (Lipinski definition) is 2. The highest BCUT2D eigenvalue weighted by Crippen LogP contribution is 2.46. The quantitative estimate of drug-likeness (QED) is 0.155. The van der Waals surface area contributed by atoms with Crippen LogP contribution in [0.15, 0.2) is 157 Å². The standard InChI is InChI=1S/C57H59BN2/c1-38-34-51-53-52(35-38)60(46-30-24-42(25-31-46)56(8,9)40-18-14-12-15-19-40)50-33-27-44(57(10,11)41-20-16-13-17-21-41)37-48(50)58(53)47-36-43(55(5,6)7)26-32-49(47)59(51)45-28-22-39(23-29-45)54(2,3)4/h12-37H,1-11H3/i12D,13D,14D,15D,16D,17D,28D,29D,30D,31D,32D,33D. The molecular formula is C57H59BN2. The Hall–Kier alpha value is -5.80. The molecule has 0 aliphatic carbocycles. The molecule has 7 aromatic carbocycles. The minimum Gasteiger partial charge on any atom is -0.311 e. The third kappa shape index (κ3) is 6.58. The molecule has 0 radical (unpaired) electrons. The van der Waals surface area contributed by atoms with Crippen molar-refractivity contribution in [1.29, 1.82) is 0 Å².